The molecule has 0 radical (unpaired) electrons. The van der Waals surface area contributed by atoms with Gasteiger partial charge in [0.2, 0.25) is 0 Å². The second kappa shape index (κ2) is 4.57. The van der Waals surface area contributed by atoms with Crippen LogP contribution in [0.15, 0.2) is 24.3 Å². The van der Waals surface area contributed by atoms with Crippen molar-refractivity contribution in [1.29, 1.82) is 0 Å². The maximum atomic E-state index is 5.29. The van der Waals surface area contributed by atoms with Crippen molar-refractivity contribution in [3.63, 3.8) is 0 Å². The van der Waals surface area contributed by atoms with E-state index in [1.807, 2.05) is 18.2 Å². The Kier molecular flexibility index (Phi) is 3.40. The van der Waals surface area contributed by atoms with Crippen LogP contribution in [0.5, 0.6) is 5.75 Å². The molecule has 0 unspecified atom stereocenters. The third-order valence-corrected chi connectivity index (χ3v) is 1.80. The highest BCUT2D eigenvalue weighted by Crippen LogP contribution is 2.25. The summed E-state index contributed by atoms with van der Waals surface area (Å²) in [6, 6.07) is 7.98. The zero-order valence-corrected chi connectivity index (χ0v) is 8.29. The topological polar surface area (TPSA) is 9.23 Å². The maximum Gasteiger partial charge on any atom is 0.143 e. The van der Waals surface area contributed by atoms with Crippen molar-refractivity contribution in [2.75, 3.05) is 0 Å². The molecule has 0 aromatic heterocycles. The molecule has 1 heteroatoms. The van der Waals surface area contributed by atoms with Crippen LogP contribution in [0.3, 0.4) is 0 Å². The zero-order valence-electron chi connectivity index (χ0n) is 8.29. The molecular weight excluding hydrogens is 160 g/mol. The smallest absolute Gasteiger partial charge is 0.143 e. The predicted octanol–water partition coefficient (Wildman–Crippen LogP) is 3.17. The summed E-state index contributed by atoms with van der Waals surface area (Å²) in [6.07, 6.45) is 2.61. The number of benzene rings is 1. The summed E-state index contributed by atoms with van der Waals surface area (Å²) >= 11 is 0. The van der Waals surface area contributed by atoms with Gasteiger partial charge in [-0.3, -0.25) is 0 Å². The summed E-state index contributed by atoms with van der Waals surface area (Å²) in [5.74, 6) is 4.05. The van der Waals surface area contributed by atoms with Crippen LogP contribution in [0.1, 0.15) is 32.3 Å². The van der Waals surface area contributed by atoms with Gasteiger partial charge in [0, 0.05) is 6.92 Å². The molecule has 1 aromatic carbocycles. The average Bonchev–Trinajstić information content (AvgIpc) is 2.15. The highest BCUT2D eigenvalue weighted by molar-refractivity contribution is 5.36. The van der Waals surface area contributed by atoms with E-state index in [1.54, 1.807) is 6.92 Å². The molecule has 0 fully saturated rings. The van der Waals surface area contributed by atoms with Gasteiger partial charge in [-0.2, -0.15) is 0 Å². The van der Waals surface area contributed by atoms with E-state index in [-0.39, 0.29) is 0 Å². The molecule has 1 rings (SSSR count). The van der Waals surface area contributed by atoms with Gasteiger partial charge in [-0.15, -0.1) is 0 Å². The van der Waals surface area contributed by atoms with Crippen molar-refractivity contribution >= 4 is 0 Å². The van der Waals surface area contributed by atoms with Gasteiger partial charge < -0.3 is 4.74 Å². The van der Waals surface area contributed by atoms with Gasteiger partial charge in [0.05, 0.1) is 0 Å². The first-order valence-corrected chi connectivity index (χ1v) is 4.43. The van der Waals surface area contributed by atoms with Gasteiger partial charge in [0.15, 0.2) is 0 Å². The van der Waals surface area contributed by atoms with Gasteiger partial charge in [-0.05, 0) is 17.5 Å². The van der Waals surface area contributed by atoms with Crippen LogP contribution in [0.4, 0.5) is 0 Å². The van der Waals surface area contributed by atoms with E-state index in [1.165, 1.54) is 5.56 Å². The summed E-state index contributed by atoms with van der Waals surface area (Å²) in [6.45, 7) is 6.04. The average molecular weight is 174 g/mol. The first-order valence-electron chi connectivity index (χ1n) is 4.43. The molecule has 1 nitrogen and oxygen atoms in total. The van der Waals surface area contributed by atoms with E-state index < -0.39 is 0 Å². The SMILES string of the molecule is CC#COc1ccccc1C(C)C. The molecular formula is C12H14O. The number of ether oxygens (including phenoxy) is 1. The molecule has 0 N–H and O–H groups in total. The van der Waals surface area contributed by atoms with E-state index >= 15 is 0 Å². The molecule has 0 aliphatic carbocycles. The normalized spacial score (nSPS) is 9.23. The lowest BCUT2D eigenvalue weighted by molar-refractivity contribution is 0.508. The van der Waals surface area contributed by atoms with Crippen LogP contribution in [-0.4, -0.2) is 0 Å². The fraction of sp³-hybridized carbons (Fsp3) is 0.333. The lowest BCUT2D eigenvalue weighted by Crippen LogP contribution is -1.92. The summed E-state index contributed by atoms with van der Waals surface area (Å²) in [5, 5.41) is 0. The van der Waals surface area contributed by atoms with Crippen molar-refractivity contribution in [2.24, 2.45) is 0 Å². The van der Waals surface area contributed by atoms with Crippen LogP contribution in [0.2, 0.25) is 0 Å². The van der Waals surface area contributed by atoms with Crippen molar-refractivity contribution in [1.82, 2.24) is 0 Å². The molecule has 0 aliphatic rings. The first kappa shape index (κ1) is 9.67. The van der Waals surface area contributed by atoms with Crippen molar-refractivity contribution in [3.05, 3.63) is 29.8 Å². The minimum atomic E-state index is 0.467. The Balaban J connectivity index is 2.95. The van der Waals surface area contributed by atoms with E-state index in [4.69, 9.17) is 4.74 Å². The van der Waals surface area contributed by atoms with Gasteiger partial charge in [-0.25, -0.2) is 0 Å². The fourth-order valence-corrected chi connectivity index (χ4v) is 1.16. The third kappa shape index (κ3) is 2.52. The minimum Gasteiger partial charge on any atom is -0.407 e. The summed E-state index contributed by atoms with van der Waals surface area (Å²) < 4.78 is 5.29. The van der Waals surface area contributed by atoms with E-state index in [0.29, 0.717) is 5.92 Å². The Hall–Kier alpha value is -1.42. The summed E-state index contributed by atoms with van der Waals surface area (Å²) in [5.41, 5.74) is 1.20. The quantitative estimate of drug-likeness (QED) is 0.626. The molecule has 0 saturated heterocycles. The molecule has 0 spiro atoms. The van der Waals surface area contributed by atoms with Crippen LogP contribution >= 0.6 is 0 Å². The van der Waals surface area contributed by atoms with Crippen molar-refractivity contribution in [2.45, 2.75) is 26.7 Å². The first-order chi connectivity index (χ1) is 6.25. The Morgan fingerprint density at radius 3 is 2.54 bits per heavy atom. The predicted molar refractivity (Wildman–Crippen MR) is 54.6 cm³/mol. The number of rotatable bonds is 2. The monoisotopic (exact) mass is 174 g/mol. The number of para-hydroxylation sites is 1. The molecule has 0 amide bonds. The molecule has 13 heavy (non-hydrogen) atoms. The van der Waals surface area contributed by atoms with Crippen molar-refractivity contribution in [3.8, 4) is 17.8 Å². The number of hydrogen-bond acceptors (Lipinski definition) is 1. The highest BCUT2D eigenvalue weighted by atomic mass is 16.5. The zero-order chi connectivity index (χ0) is 9.68. The molecule has 0 heterocycles. The molecule has 0 aliphatic heterocycles. The van der Waals surface area contributed by atoms with Gasteiger partial charge in [0.25, 0.3) is 0 Å². The van der Waals surface area contributed by atoms with Gasteiger partial charge in [0.1, 0.15) is 11.9 Å². The van der Waals surface area contributed by atoms with Gasteiger partial charge in [-0.1, -0.05) is 38.0 Å². The second-order valence-electron chi connectivity index (χ2n) is 3.15. The number of hydrogen-bond donors (Lipinski definition) is 0. The summed E-state index contributed by atoms with van der Waals surface area (Å²) in [7, 11) is 0. The molecule has 68 valence electrons. The van der Waals surface area contributed by atoms with Crippen LogP contribution in [0, 0.1) is 12.0 Å². The van der Waals surface area contributed by atoms with Crippen LogP contribution < -0.4 is 4.74 Å². The van der Waals surface area contributed by atoms with Crippen LogP contribution in [0.25, 0.3) is 0 Å². The molecule has 0 bridgehead atoms. The molecule has 1 aromatic rings. The third-order valence-electron chi connectivity index (χ3n) is 1.80. The summed E-state index contributed by atoms with van der Waals surface area (Å²) in [4.78, 5) is 0. The Morgan fingerprint density at radius 1 is 1.23 bits per heavy atom. The van der Waals surface area contributed by atoms with Crippen LogP contribution in [-0.2, 0) is 0 Å². The van der Waals surface area contributed by atoms with E-state index in [9.17, 15) is 0 Å². The largest absolute Gasteiger partial charge is 0.407 e. The Bertz CT molecular complexity index is 328. The standard InChI is InChI=1S/C12H14O/c1-4-9-13-12-8-6-5-7-11(12)10(2)3/h5-8,10H,1-3H3. The molecule has 0 atom stereocenters. The second-order valence-corrected chi connectivity index (χ2v) is 3.15. The highest BCUT2D eigenvalue weighted by Gasteiger charge is 2.05. The Morgan fingerprint density at radius 2 is 1.92 bits per heavy atom. The Labute approximate surface area is 79.7 Å². The fourth-order valence-electron chi connectivity index (χ4n) is 1.16. The molecule has 0 saturated carbocycles. The van der Waals surface area contributed by atoms with E-state index in [2.05, 4.69) is 31.9 Å². The van der Waals surface area contributed by atoms with Crippen molar-refractivity contribution < 1.29 is 4.74 Å². The minimum absolute atomic E-state index is 0.467. The maximum absolute atomic E-state index is 5.29. The van der Waals surface area contributed by atoms with Gasteiger partial charge >= 0.3 is 0 Å². The lowest BCUT2D eigenvalue weighted by atomic mass is 10.0. The lowest BCUT2D eigenvalue weighted by Gasteiger charge is -2.08. The van der Waals surface area contributed by atoms with E-state index in [0.717, 1.165) is 5.75 Å².